The first-order valence-corrected chi connectivity index (χ1v) is 7.90. The average Bonchev–Trinajstić information content (AvgIpc) is 2.45. The van der Waals surface area contributed by atoms with Crippen molar-refractivity contribution < 1.29 is 8.78 Å². The van der Waals surface area contributed by atoms with E-state index in [0.717, 1.165) is 15.4 Å². The Kier molecular flexibility index (Phi) is 5.57. The van der Waals surface area contributed by atoms with Crippen molar-refractivity contribution in [3.05, 3.63) is 64.1 Å². The van der Waals surface area contributed by atoms with Gasteiger partial charge in [-0.3, -0.25) is 0 Å². The lowest BCUT2D eigenvalue weighted by Gasteiger charge is -2.17. The molecule has 1 atom stereocenters. The lowest BCUT2D eigenvalue weighted by Crippen LogP contribution is -2.20. The highest BCUT2D eigenvalue weighted by Crippen LogP contribution is 2.31. The summed E-state index contributed by atoms with van der Waals surface area (Å²) in [6.45, 7) is 0. The Morgan fingerprint density at radius 2 is 1.90 bits per heavy atom. The maximum Gasteiger partial charge on any atom is 0.163 e. The molecule has 0 aromatic heterocycles. The normalized spacial score (nSPS) is 12.4. The van der Waals surface area contributed by atoms with Gasteiger partial charge in [0.2, 0.25) is 0 Å². The fourth-order valence-corrected chi connectivity index (χ4v) is 3.55. The van der Waals surface area contributed by atoms with Crippen molar-refractivity contribution in [2.24, 2.45) is 0 Å². The summed E-state index contributed by atoms with van der Waals surface area (Å²) < 4.78 is 28.1. The van der Waals surface area contributed by atoms with E-state index in [4.69, 9.17) is 0 Å². The summed E-state index contributed by atoms with van der Waals surface area (Å²) in [5.41, 5.74) is 0.354. The molecule has 0 heterocycles. The second-order valence-electron chi connectivity index (χ2n) is 4.23. The van der Waals surface area contributed by atoms with Crippen molar-refractivity contribution in [3.8, 4) is 0 Å². The van der Waals surface area contributed by atoms with Crippen LogP contribution >= 0.6 is 27.7 Å². The molecule has 0 bridgehead atoms. The van der Waals surface area contributed by atoms with Crippen LogP contribution in [0.5, 0.6) is 0 Å². The largest absolute Gasteiger partial charge is 0.312 e. The lowest BCUT2D eigenvalue weighted by molar-refractivity contribution is 0.483. The Labute approximate surface area is 129 Å². The van der Waals surface area contributed by atoms with Gasteiger partial charge in [0, 0.05) is 26.7 Å². The molecule has 5 heteroatoms. The number of hydrogen-bond donors (Lipinski definition) is 1. The highest BCUT2D eigenvalue weighted by Gasteiger charge is 2.17. The van der Waals surface area contributed by atoms with Gasteiger partial charge in [0.05, 0.1) is 0 Å². The number of hydrogen-bond acceptors (Lipinski definition) is 2. The number of nitrogens with one attached hydrogen (secondary N) is 1. The van der Waals surface area contributed by atoms with Gasteiger partial charge in [0.15, 0.2) is 11.6 Å². The number of benzene rings is 2. The highest BCUT2D eigenvalue weighted by molar-refractivity contribution is 9.10. The minimum Gasteiger partial charge on any atom is -0.312 e. The summed E-state index contributed by atoms with van der Waals surface area (Å²) in [4.78, 5) is 1.07. The predicted octanol–water partition coefficient (Wildman–Crippen LogP) is 4.78. The van der Waals surface area contributed by atoms with Gasteiger partial charge >= 0.3 is 0 Å². The van der Waals surface area contributed by atoms with Gasteiger partial charge in [-0.15, -0.1) is 11.8 Å². The van der Waals surface area contributed by atoms with E-state index in [1.807, 2.05) is 24.3 Å². The van der Waals surface area contributed by atoms with Crippen LogP contribution in [0, 0.1) is 11.6 Å². The van der Waals surface area contributed by atoms with Crippen molar-refractivity contribution in [1.29, 1.82) is 0 Å². The Hall–Kier alpha value is -0.910. The topological polar surface area (TPSA) is 12.0 Å². The number of rotatable bonds is 5. The maximum absolute atomic E-state index is 13.8. The van der Waals surface area contributed by atoms with Gasteiger partial charge in [-0.1, -0.05) is 24.3 Å². The van der Waals surface area contributed by atoms with Gasteiger partial charge in [-0.2, -0.15) is 0 Å². The van der Waals surface area contributed by atoms with Crippen LogP contribution in [0.1, 0.15) is 11.6 Å². The fourth-order valence-electron chi connectivity index (χ4n) is 1.85. The second kappa shape index (κ2) is 7.20. The molecule has 0 radical (unpaired) electrons. The zero-order valence-corrected chi connectivity index (χ0v) is 13.3. The summed E-state index contributed by atoms with van der Waals surface area (Å²) in [5, 5.41) is 3.03. The van der Waals surface area contributed by atoms with Crippen LogP contribution in [0.4, 0.5) is 8.78 Å². The van der Waals surface area contributed by atoms with Crippen LogP contribution in [0.15, 0.2) is 51.8 Å². The molecule has 1 N–H and O–H groups in total. The van der Waals surface area contributed by atoms with E-state index in [1.54, 1.807) is 24.9 Å². The van der Waals surface area contributed by atoms with E-state index in [-0.39, 0.29) is 6.04 Å². The van der Waals surface area contributed by atoms with Crippen LogP contribution < -0.4 is 5.32 Å². The molecule has 0 saturated heterocycles. The van der Waals surface area contributed by atoms with Crippen molar-refractivity contribution in [2.75, 3.05) is 12.8 Å². The van der Waals surface area contributed by atoms with Crippen LogP contribution in [0.2, 0.25) is 0 Å². The minimum absolute atomic E-state index is 0.247. The van der Waals surface area contributed by atoms with Crippen molar-refractivity contribution in [1.82, 2.24) is 5.32 Å². The van der Waals surface area contributed by atoms with E-state index >= 15 is 0 Å². The van der Waals surface area contributed by atoms with Gasteiger partial charge < -0.3 is 5.32 Å². The van der Waals surface area contributed by atoms with Crippen LogP contribution in [0.3, 0.4) is 0 Å². The molecule has 2 aromatic carbocycles. The van der Waals surface area contributed by atoms with E-state index in [2.05, 4.69) is 21.2 Å². The molecule has 106 valence electrons. The highest BCUT2D eigenvalue weighted by atomic mass is 79.9. The first kappa shape index (κ1) is 15.5. The molecule has 2 rings (SSSR count). The van der Waals surface area contributed by atoms with Crippen molar-refractivity contribution >= 4 is 27.7 Å². The standard InChI is InChI=1S/C15H14BrF2NS/c1-19-13(10-5-4-7-12(17)15(10)18)9-20-14-8-3-2-6-11(14)16/h2-8,13,19H,9H2,1H3. The van der Waals surface area contributed by atoms with Crippen molar-refractivity contribution in [3.63, 3.8) is 0 Å². The summed E-state index contributed by atoms with van der Waals surface area (Å²) >= 11 is 5.07. The molecule has 1 nitrogen and oxygen atoms in total. The molecule has 0 saturated carbocycles. The van der Waals surface area contributed by atoms with Gasteiger partial charge in [-0.05, 0) is 41.2 Å². The zero-order chi connectivity index (χ0) is 14.5. The third kappa shape index (κ3) is 3.59. The van der Waals surface area contributed by atoms with E-state index in [1.165, 1.54) is 6.07 Å². The molecule has 0 spiro atoms. The Morgan fingerprint density at radius 3 is 2.60 bits per heavy atom. The summed E-state index contributed by atoms with van der Waals surface area (Å²) in [5.74, 6) is -0.979. The molecular weight excluding hydrogens is 344 g/mol. The SMILES string of the molecule is CNC(CSc1ccccc1Br)c1cccc(F)c1F. The van der Waals surface area contributed by atoms with Gasteiger partial charge in [0.1, 0.15) is 0 Å². The Balaban J connectivity index is 2.14. The van der Waals surface area contributed by atoms with E-state index < -0.39 is 11.6 Å². The predicted molar refractivity (Wildman–Crippen MR) is 83.0 cm³/mol. The van der Waals surface area contributed by atoms with Gasteiger partial charge in [0.25, 0.3) is 0 Å². The summed E-state index contributed by atoms with van der Waals surface area (Å²) in [6.07, 6.45) is 0. The molecule has 0 fully saturated rings. The van der Waals surface area contributed by atoms with Crippen molar-refractivity contribution in [2.45, 2.75) is 10.9 Å². The molecule has 20 heavy (non-hydrogen) atoms. The number of thioether (sulfide) groups is 1. The molecular formula is C15H14BrF2NS. The Morgan fingerprint density at radius 1 is 1.15 bits per heavy atom. The Bertz CT molecular complexity index is 592. The molecule has 0 amide bonds. The summed E-state index contributed by atoms with van der Waals surface area (Å²) in [6, 6.07) is 11.9. The van der Waals surface area contributed by atoms with Crippen LogP contribution in [-0.4, -0.2) is 12.8 Å². The third-order valence-electron chi connectivity index (χ3n) is 2.95. The maximum atomic E-state index is 13.8. The van der Waals surface area contributed by atoms with Gasteiger partial charge in [-0.25, -0.2) is 8.78 Å². The molecule has 0 aliphatic carbocycles. The monoisotopic (exact) mass is 357 g/mol. The van der Waals surface area contributed by atoms with E-state index in [9.17, 15) is 8.78 Å². The lowest BCUT2D eigenvalue weighted by atomic mass is 10.1. The average molecular weight is 358 g/mol. The quantitative estimate of drug-likeness (QED) is 0.772. The van der Waals surface area contributed by atoms with Crippen LogP contribution in [-0.2, 0) is 0 Å². The molecule has 2 aromatic rings. The zero-order valence-electron chi connectivity index (χ0n) is 10.9. The third-order valence-corrected chi connectivity index (χ3v) is 5.07. The van der Waals surface area contributed by atoms with E-state index in [0.29, 0.717) is 11.3 Å². The second-order valence-corrected chi connectivity index (χ2v) is 6.14. The van der Waals surface area contributed by atoms with Crippen LogP contribution in [0.25, 0.3) is 0 Å². The fraction of sp³-hybridized carbons (Fsp3) is 0.200. The molecule has 1 unspecified atom stereocenters. The first-order valence-electron chi connectivity index (χ1n) is 6.12. The molecule has 0 aliphatic rings. The summed E-state index contributed by atoms with van der Waals surface area (Å²) in [7, 11) is 1.75. The first-order chi connectivity index (χ1) is 9.63. The minimum atomic E-state index is -0.811. The number of halogens is 3. The molecule has 0 aliphatic heterocycles. The smallest absolute Gasteiger partial charge is 0.163 e.